The second kappa shape index (κ2) is 15.3. The molecule has 0 spiro atoms. The summed E-state index contributed by atoms with van der Waals surface area (Å²) in [4.78, 5) is 28.8. The largest absolute Gasteiger partial charge is 0.497 e. The Morgan fingerprint density at radius 3 is 2.31 bits per heavy atom. The number of anilines is 1. The molecular formula is C31H37F2N3O5S. The Morgan fingerprint density at radius 1 is 0.952 bits per heavy atom. The summed E-state index contributed by atoms with van der Waals surface area (Å²) < 4.78 is 58.6. The molecule has 1 atom stereocenters. The van der Waals surface area contributed by atoms with Crippen LogP contribution in [0.5, 0.6) is 5.75 Å². The van der Waals surface area contributed by atoms with Crippen molar-refractivity contribution in [1.82, 2.24) is 10.2 Å². The molecule has 0 aliphatic rings. The summed E-state index contributed by atoms with van der Waals surface area (Å²) in [6.45, 7) is 2.36. The van der Waals surface area contributed by atoms with E-state index in [2.05, 4.69) is 5.32 Å². The van der Waals surface area contributed by atoms with Crippen molar-refractivity contribution < 1.29 is 31.5 Å². The van der Waals surface area contributed by atoms with Gasteiger partial charge in [0, 0.05) is 38.5 Å². The number of nitrogens with zero attached hydrogens (tertiary/aromatic N) is 2. The second-order valence-electron chi connectivity index (χ2n) is 9.91. The van der Waals surface area contributed by atoms with Crippen LogP contribution in [0.25, 0.3) is 0 Å². The minimum Gasteiger partial charge on any atom is -0.497 e. The maximum Gasteiger partial charge on any atom is 0.243 e. The summed E-state index contributed by atoms with van der Waals surface area (Å²) >= 11 is 0. The van der Waals surface area contributed by atoms with Gasteiger partial charge in [-0.2, -0.15) is 0 Å². The standard InChI is InChI=1S/C31H37F2N3O5S/c1-4-17-34-31(38)29(20-23-10-6-5-7-11-23)35(22-24-12-8-13-26(19-24)41-2)30(37)14-9-18-36(42(3,39)40)25-15-16-27(32)28(33)21-25/h5-8,10-13,15-16,19,21,29H,4,9,14,17-18,20,22H2,1-3H3,(H,34,38). The van der Waals surface area contributed by atoms with Crippen molar-refractivity contribution in [2.75, 3.05) is 30.8 Å². The van der Waals surface area contributed by atoms with E-state index in [-0.39, 0.29) is 49.9 Å². The average Bonchev–Trinajstić information content (AvgIpc) is 2.97. The van der Waals surface area contributed by atoms with Gasteiger partial charge < -0.3 is 15.0 Å². The Morgan fingerprint density at radius 2 is 1.67 bits per heavy atom. The van der Waals surface area contributed by atoms with Crippen LogP contribution in [0.3, 0.4) is 0 Å². The van der Waals surface area contributed by atoms with E-state index in [1.54, 1.807) is 25.3 Å². The minimum atomic E-state index is -3.86. The van der Waals surface area contributed by atoms with E-state index in [1.165, 1.54) is 11.0 Å². The lowest BCUT2D eigenvalue weighted by Gasteiger charge is -2.32. The number of carbonyl (C=O) groups is 2. The Kier molecular flexibility index (Phi) is 11.8. The molecule has 42 heavy (non-hydrogen) atoms. The first-order valence-electron chi connectivity index (χ1n) is 13.7. The van der Waals surface area contributed by atoms with Gasteiger partial charge in [-0.05, 0) is 48.2 Å². The summed E-state index contributed by atoms with van der Waals surface area (Å²) in [5, 5.41) is 2.91. The molecule has 11 heteroatoms. The van der Waals surface area contributed by atoms with Crippen LogP contribution >= 0.6 is 0 Å². The van der Waals surface area contributed by atoms with Crippen LogP contribution in [0.2, 0.25) is 0 Å². The molecule has 0 saturated carbocycles. The number of halogens is 2. The van der Waals surface area contributed by atoms with Gasteiger partial charge in [0.2, 0.25) is 21.8 Å². The fraction of sp³-hybridized carbons (Fsp3) is 0.355. The van der Waals surface area contributed by atoms with Crippen molar-refractivity contribution in [3.05, 3.63) is 95.6 Å². The van der Waals surface area contributed by atoms with E-state index in [0.717, 1.165) is 40.2 Å². The number of sulfonamides is 1. The highest BCUT2D eigenvalue weighted by molar-refractivity contribution is 7.92. The predicted octanol–water partition coefficient (Wildman–Crippen LogP) is 4.69. The number of hydrogen-bond acceptors (Lipinski definition) is 5. The van der Waals surface area contributed by atoms with Crippen molar-refractivity contribution in [1.29, 1.82) is 0 Å². The molecule has 1 unspecified atom stereocenters. The molecule has 0 aliphatic carbocycles. The molecule has 0 heterocycles. The van der Waals surface area contributed by atoms with Crippen LogP contribution < -0.4 is 14.4 Å². The molecule has 0 bridgehead atoms. The molecular weight excluding hydrogens is 564 g/mol. The number of rotatable bonds is 15. The highest BCUT2D eigenvalue weighted by Crippen LogP contribution is 2.23. The van der Waals surface area contributed by atoms with Crippen LogP contribution in [0.4, 0.5) is 14.5 Å². The van der Waals surface area contributed by atoms with Gasteiger partial charge in [-0.1, -0.05) is 49.4 Å². The number of ether oxygens (including phenoxy) is 1. The first-order chi connectivity index (χ1) is 20.0. The highest BCUT2D eigenvalue weighted by atomic mass is 32.2. The molecule has 3 aromatic rings. The summed E-state index contributed by atoms with van der Waals surface area (Å²) in [6.07, 6.45) is 1.94. The molecule has 0 aromatic heterocycles. The number of benzene rings is 3. The second-order valence-corrected chi connectivity index (χ2v) is 11.8. The van der Waals surface area contributed by atoms with Gasteiger partial charge in [-0.25, -0.2) is 17.2 Å². The zero-order chi connectivity index (χ0) is 30.7. The van der Waals surface area contributed by atoms with Crippen LogP contribution in [0.15, 0.2) is 72.8 Å². The summed E-state index contributed by atoms with van der Waals surface area (Å²) in [5.41, 5.74) is 1.58. The molecule has 0 radical (unpaired) electrons. The van der Waals surface area contributed by atoms with E-state index in [1.807, 2.05) is 43.3 Å². The first-order valence-corrected chi connectivity index (χ1v) is 15.5. The minimum absolute atomic E-state index is 0.0435. The Labute approximate surface area is 246 Å². The van der Waals surface area contributed by atoms with Crippen molar-refractivity contribution in [2.45, 2.75) is 45.2 Å². The molecule has 8 nitrogen and oxygen atoms in total. The predicted molar refractivity (Wildman–Crippen MR) is 159 cm³/mol. The van der Waals surface area contributed by atoms with Gasteiger partial charge in [-0.15, -0.1) is 0 Å². The van der Waals surface area contributed by atoms with E-state index < -0.39 is 27.7 Å². The number of hydrogen-bond donors (Lipinski definition) is 1. The summed E-state index contributed by atoms with van der Waals surface area (Å²) in [5.74, 6) is -2.32. The lowest BCUT2D eigenvalue weighted by molar-refractivity contribution is -0.141. The van der Waals surface area contributed by atoms with Crippen molar-refractivity contribution in [2.24, 2.45) is 0 Å². The third-order valence-electron chi connectivity index (χ3n) is 6.65. The Hall–Kier alpha value is -3.99. The van der Waals surface area contributed by atoms with Crippen molar-refractivity contribution in [3.63, 3.8) is 0 Å². The quantitative estimate of drug-likeness (QED) is 0.273. The maximum atomic E-state index is 13.9. The van der Waals surface area contributed by atoms with Crippen LogP contribution in [-0.2, 0) is 32.6 Å². The monoisotopic (exact) mass is 601 g/mol. The lowest BCUT2D eigenvalue weighted by Crippen LogP contribution is -2.50. The fourth-order valence-corrected chi connectivity index (χ4v) is 5.49. The summed E-state index contributed by atoms with van der Waals surface area (Å²) in [7, 11) is -2.32. The smallest absolute Gasteiger partial charge is 0.243 e. The van der Waals surface area contributed by atoms with Gasteiger partial charge in [0.1, 0.15) is 11.8 Å². The van der Waals surface area contributed by atoms with Crippen molar-refractivity contribution >= 4 is 27.5 Å². The first kappa shape index (κ1) is 32.5. The molecule has 0 fully saturated rings. The molecule has 226 valence electrons. The van der Waals surface area contributed by atoms with Gasteiger partial charge in [0.15, 0.2) is 11.6 Å². The Balaban J connectivity index is 1.89. The Bertz CT molecular complexity index is 1450. The molecule has 2 amide bonds. The molecule has 0 saturated heterocycles. The average molecular weight is 602 g/mol. The number of methoxy groups -OCH3 is 1. The number of amides is 2. The topological polar surface area (TPSA) is 96.0 Å². The van der Waals surface area contributed by atoms with Gasteiger partial charge in [-0.3, -0.25) is 13.9 Å². The van der Waals surface area contributed by atoms with E-state index in [4.69, 9.17) is 4.74 Å². The van der Waals surface area contributed by atoms with Gasteiger partial charge in [0.25, 0.3) is 0 Å². The normalized spacial score (nSPS) is 11.9. The zero-order valence-electron chi connectivity index (χ0n) is 24.1. The molecule has 3 rings (SSSR count). The third kappa shape index (κ3) is 9.27. The third-order valence-corrected chi connectivity index (χ3v) is 7.84. The molecule has 0 aliphatic heterocycles. The number of carbonyl (C=O) groups excluding carboxylic acids is 2. The lowest BCUT2D eigenvalue weighted by atomic mass is 10.0. The zero-order valence-corrected chi connectivity index (χ0v) is 24.9. The fourth-order valence-electron chi connectivity index (χ4n) is 4.53. The van der Waals surface area contributed by atoms with Crippen LogP contribution in [0.1, 0.15) is 37.3 Å². The van der Waals surface area contributed by atoms with Crippen molar-refractivity contribution in [3.8, 4) is 5.75 Å². The van der Waals surface area contributed by atoms with Crippen LogP contribution in [0, 0.1) is 11.6 Å². The molecule has 3 aromatic carbocycles. The van der Waals surface area contributed by atoms with Gasteiger partial charge in [0.05, 0.1) is 19.1 Å². The summed E-state index contributed by atoms with van der Waals surface area (Å²) in [6, 6.07) is 18.6. The van der Waals surface area contributed by atoms with E-state index >= 15 is 0 Å². The number of nitrogens with one attached hydrogen (secondary N) is 1. The van der Waals surface area contributed by atoms with Gasteiger partial charge >= 0.3 is 0 Å². The highest BCUT2D eigenvalue weighted by Gasteiger charge is 2.30. The SMILES string of the molecule is CCCNC(=O)C(Cc1ccccc1)N(Cc1cccc(OC)c1)C(=O)CCCN(c1ccc(F)c(F)c1)S(C)(=O)=O. The van der Waals surface area contributed by atoms with E-state index in [0.29, 0.717) is 12.3 Å². The molecule has 1 N–H and O–H groups in total. The maximum absolute atomic E-state index is 13.9. The van der Waals surface area contributed by atoms with Crippen LogP contribution in [-0.4, -0.2) is 57.6 Å². The van der Waals surface area contributed by atoms with E-state index in [9.17, 15) is 26.8 Å².